The molecule has 0 bridgehead atoms. The Morgan fingerprint density at radius 3 is 2.63 bits per heavy atom. The first-order valence-electron chi connectivity index (χ1n) is 10.4. The predicted molar refractivity (Wildman–Crippen MR) is 122 cm³/mol. The predicted octanol–water partition coefficient (Wildman–Crippen LogP) is 2.34. The molecular formula is C22H33Cl2N3O3. The second-order valence-electron chi connectivity index (χ2n) is 8.86. The molecule has 0 aromatic heterocycles. The zero-order chi connectivity index (χ0) is 19.9. The minimum atomic E-state index is -0.563. The van der Waals surface area contributed by atoms with E-state index in [-0.39, 0.29) is 48.0 Å². The van der Waals surface area contributed by atoms with Gasteiger partial charge in [0.15, 0.2) is 5.78 Å². The molecule has 3 aliphatic rings. The molecule has 0 spiro atoms. The summed E-state index contributed by atoms with van der Waals surface area (Å²) in [5, 5.41) is 3.01. The van der Waals surface area contributed by atoms with E-state index in [1.54, 1.807) is 0 Å². The Bertz CT molecular complexity index is 783. The molecule has 2 heterocycles. The van der Waals surface area contributed by atoms with Gasteiger partial charge < -0.3 is 19.9 Å². The summed E-state index contributed by atoms with van der Waals surface area (Å²) in [6.45, 7) is 9.03. The van der Waals surface area contributed by atoms with Crippen LogP contribution < -0.4 is 10.1 Å². The summed E-state index contributed by atoms with van der Waals surface area (Å²) in [6.07, 6.45) is 1.34. The number of benzene rings is 1. The van der Waals surface area contributed by atoms with Crippen LogP contribution in [0.4, 0.5) is 0 Å². The molecule has 168 valence electrons. The van der Waals surface area contributed by atoms with E-state index in [9.17, 15) is 9.59 Å². The Kier molecular flexibility index (Phi) is 8.19. The molecule has 0 radical (unpaired) electrons. The molecule has 1 N–H and O–H groups in total. The monoisotopic (exact) mass is 457 g/mol. The van der Waals surface area contributed by atoms with E-state index in [2.05, 4.69) is 42.1 Å². The summed E-state index contributed by atoms with van der Waals surface area (Å²) in [7, 11) is 2.12. The van der Waals surface area contributed by atoms with Gasteiger partial charge in [0.2, 0.25) is 5.91 Å². The molecule has 4 rings (SSSR count). The van der Waals surface area contributed by atoms with Crippen LogP contribution in [0.15, 0.2) is 18.2 Å². The molecule has 1 saturated heterocycles. The summed E-state index contributed by atoms with van der Waals surface area (Å²) < 4.78 is 6.21. The van der Waals surface area contributed by atoms with Crippen molar-refractivity contribution in [3.8, 4) is 5.75 Å². The third-order valence-electron chi connectivity index (χ3n) is 6.74. The minimum Gasteiger partial charge on any atom is -0.487 e. The number of ketones is 1. The number of nitrogens with one attached hydrogen (secondary N) is 1. The van der Waals surface area contributed by atoms with E-state index in [0.717, 1.165) is 44.9 Å². The van der Waals surface area contributed by atoms with E-state index >= 15 is 0 Å². The smallest absolute Gasteiger partial charge is 0.221 e. The van der Waals surface area contributed by atoms with Crippen LogP contribution in [0, 0.1) is 6.92 Å². The van der Waals surface area contributed by atoms with Crippen molar-refractivity contribution in [3.63, 3.8) is 0 Å². The Hall–Kier alpha value is -1.34. The van der Waals surface area contributed by atoms with Crippen molar-refractivity contribution in [2.24, 2.45) is 0 Å². The molecule has 2 aliphatic heterocycles. The summed E-state index contributed by atoms with van der Waals surface area (Å²) in [5.41, 5.74) is 2.13. The van der Waals surface area contributed by atoms with Crippen LogP contribution >= 0.6 is 24.8 Å². The molecule has 1 aliphatic carbocycles. The normalized spacial score (nSPS) is 28.4. The van der Waals surface area contributed by atoms with Gasteiger partial charge in [-0.25, -0.2) is 0 Å². The van der Waals surface area contributed by atoms with E-state index in [1.165, 1.54) is 11.1 Å². The van der Waals surface area contributed by atoms with Crippen molar-refractivity contribution in [1.29, 1.82) is 0 Å². The standard InChI is InChI=1S/C22H31N3O3.2ClH/c1-15-4-5-18-16(14-15)22(2)8-6-17(26)20(21(22)28-18)23-19(27)7-9-25-12-10-24(3)11-13-25;;/h4-5,14,20-21H,6-13H2,1-3H3,(H,23,27);2*1H. The van der Waals surface area contributed by atoms with E-state index in [1.807, 2.05) is 12.1 Å². The number of rotatable bonds is 4. The highest BCUT2D eigenvalue weighted by molar-refractivity contribution is 5.91. The maximum Gasteiger partial charge on any atom is 0.221 e. The van der Waals surface area contributed by atoms with Crippen LogP contribution in [0.2, 0.25) is 0 Å². The maximum atomic E-state index is 12.7. The lowest BCUT2D eigenvalue weighted by atomic mass is 9.67. The Morgan fingerprint density at radius 1 is 1.23 bits per heavy atom. The number of carbonyl (C=O) groups is 2. The number of amides is 1. The van der Waals surface area contributed by atoms with Gasteiger partial charge in [0, 0.05) is 56.5 Å². The average molecular weight is 458 g/mol. The lowest BCUT2D eigenvalue weighted by Crippen LogP contribution is -2.59. The number of halogens is 2. The highest BCUT2D eigenvalue weighted by atomic mass is 35.5. The molecule has 3 unspecified atom stereocenters. The van der Waals surface area contributed by atoms with Gasteiger partial charge in [-0.15, -0.1) is 24.8 Å². The Labute approximate surface area is 191 Å². The minimum absolute atomic E-state index is 0. The van der Waals surface area contributed by atoms with Crippen molar-refractivity contribution in [2.45, 2.75) is 50.7 Å². The molecule has 1 aromatic carbocycles. The molecular weight excluding hydrogens is 425 g/mol. The van der Waals surface area contributed by atoms with Gasteiger partial charge in [0.05, 0.1) is 0 Å². The fraction of sp³-hybridized carbons (Fsp3) is 0.636. The summed E-state index contributed by atoms with van der Waals surface area (Å²) in [5.74, 6) is 0.877. The highest BCUT2D eigenvalue weighted by Gasteiger charge is 2.54. The quantitative estimate of drug-likeness (QED) is 0.751. The fourth-order valence-corrected chi connectivity index (χ4v) is 4.77. The van der Waals surface area contributed by atoms with Gasteiger partial charge in [0.1, 0.15) is 17.9 Å². The van der Waals surface area contributed by atoms with Gasteiger partial charge in [-0.05, 0) is 26.5 Å². The third-order valence-corrected chi connectivity index (χ3v) is 6.74. The Morgan fingerprint density at radius 2 is 1.93 bits per heavy atom. The number of hydrogen-bond acceptors (Lipinski definition) is 5. The van der Waals surface area contributed by atoms with Crippen molar-refractivity contribution < 1.29 is 14.3 Å². The average Bonchev–Trinajstić information content (AvgIpc) is 2.97. The van der Waals surface area contributed by atoms with Crippen molar-refractivity contribution >= 4 is 36.5 Å². The first kappa shape index (κ1) is 24.9. The number of piperazine rings is 1. The number of nitrogens with zero attached hydrogens (tertiary/aromatic N) is 2. The second kappa shape index (κ2) is 9.86. The summed E-state index contributed by atoms with van der Waals surface area (Å²) in [4.78, 5) is 29.9. The zero-order valence-electron chi connectivity index (χ0n) is 18.0. The Balaban J connectivity index is 0.00000160. The number of ether oxygens (including phenoxy) is 1. The van der Waals surface area contributed by atoms with Gasteiger partial charge in [-0.3, -0.25) is 9.59 Å². The number of Topliss-reactive ketones (excluding diaryl/α,β-unsaturated/α-hetero) is 1. The number of carbonyl (C=O) groups excluding carboxylic acids is 2. The van der Waals surface area contributed by atoms with Gasteiger partial charge in [-0.1, -0.05) is 24.6 Å². The second-order valence-corrected chi connectivity index (χ2v) is 8.86. The molecule has 1 aromatic rings. The fourth-order valence-electron chi connectivity index (χ4n) is 4.77. The van der Waals surface area contributed by atoms with E-state index < -0.39 is 6.04 Å². The number of likely N-dealkylation sites (N-methyl/N-ethyl adjacent to an activating group) is 1. The number of aryl methyl sites for hydroxylation is 1. The zero-order valence-corrected chi connectivity index (χ0v) is 19.6. The van der Waals surface area contributed by atoms with Crippen molar-refractivity contribution in [2.75, 3.05) is 39.8 Å². The van der Waals surface area contributed by atoms with Crippen LogP contribution in [-0.4, -0.2) is 73.4 Å². The maximum absolute atomic E-state index is 12.7. The molecule has 30 heavy (non-hydrogen) atoms. The largest absolute Gasteiger partial charge is 0.487 e. The van der Waals surface area contributed by atoms with Gasteiger partial charge in [-0.2, -0.15) is 0 Å². The number of fused-ring (bicyclic) bond motifs is 3. The molecule has 8 heteroatoms. The summed E-state index contributed by atoms with van der Waals surface area (Å²) in [6, 6.07) is 5.62. The van der Waals surface area contributed by atoms with E-state index in [0.29, 0.717) is 12.8 Å². The van der Waals surface area contributed by atoms with Crippen molar-refractivity contribution in [1.82, 2.24) is 15.1 Å². The molecule has 2 fully saturated rings. The van der Waals surface area contributed by atoms with Gasteiger partial charge >= 0.3 is 0 Å². The van der Waals surface area contributed by atoms with Crippen LogP contribution in [0.25, 0.3) is 0 Å². The topological polar surface area (TPSA) is 61.9 Å². The van der Waals surface area contributed by atoms with Crippen LogP contribution in [0.3, 0.4) is 0 Å². The first-order valence-corrected chi connectivity index (χ1v) is 10.4. The van der Waals surface area contributed by atoms with E-state index in [4.69, 9.17) is 4.74 Å². The molecule has 3 atom stereocenters. The lowest BCUT2D eigenvalue weighted by molar-refractivity contribution is -0.133. The lowest BCUT2D eigenvalue weighted by Gasteiger charge is -2.39. The molecule has 6 nitrogen and oxygen atoms in total. The molecule has 1 amide bonds. The third kappa shape index (κ3) is 4.77. The van der Waals surface area contributed by atoms with Gasteiger partial charge in [0.25, 0.3) is 0 Å². The highest BCUT2D eigenvalue weighted by Crippen LogP contribution is 2.49. The number of hydrogen-bond donors (Lipinski definition) is 1. The van der Waals surface area contributed by atoms with Crippen LogP contribution in [0.5, 0.6) is 5.75 Å². The van der Waals surface area contributed by atoms with Crippen molar-refractivity contribution in [3.05, 3.63) is 29.3 Å². The first-order chi connectivity index (χ1) is 13.4. The SMILES string of the molecule is Cc1ccc2c(c1)C1(C)CCC(=O)C(NC(=O)CCN3CCN(C)CC3)C1O2.Cl.Cl. The van der Waals surface area contributed by atoms with Crippen LogP contribution in [-0.2, 0) is 15.0 Å². The van der Waals surface area contributed by atoms with Crippen LogP contribution in [0.1, 0.15) is 37.3 Å². The summed E-state index contributed by atoms with van der Waals surface area (Å²) >= 11 is 0. The molecule has 1 saturated carbocycles.